The molecular weight excluding hydrogens is 677 g/mol. The Morgan fingerprint density at radius 3 is 1.55 bits per heavy atom. The molecule has 0 fully saturated rings. The second kappa shape index (κ2) is 12.6. The molecule has 0 saturated carbocycles. The van der Waals surface area contributed by atoms with Crippen molar-refractivity contribution in [3.05, 3.63) is 190 Å². The highest BCUT2D eigenvalue weighted by Gasteiger charge is 2.27. The molecule has 9 aromatic rings. The Labute approximate surface area is 329 Å². The number of rotatable bonds is 4. The van der Waals surface area contributed by atoms with Crippen LogP contribution in [-0.2, 0) is 19.3 Å². The van der Waals surface area contributed by atoms with E-state index in [-0.39, 0.29) is 0 Å². The molecule has 2 aliphatic rings. The highest BCUT2D eigenvalue weighted by molar-refractivity contribution is 6.12. The molecule has 0 unspecified atom stereocenters. The molecule has 56 heavy (non-hydrogen) atoms. The zero-order valence-electron chi connectivity index (χ0n) is 32.6. The smallest absolute Gasteiger partial charge is 0.0547 e. The molecule has 7 aromatic carbocycles. The van der Waals surface area contributed by atoms with Crippen molar-refractivity contribution in [2.45, 2.75) is 53.4 Å². The van der Waals surface area contributed by atoms with Crippen LogP contribution in [0.5, 0.6) is 0 Å². The van der Waals surface area contributed by atoms with Crippen LogP contribution in [0.2, 0.25) is 0 Å². The van der Waals surface area contributed by atoms with Crippen LogP contribution in [0, 0.1) is 27.7 Å². The van der Waals surface area contributed by atoms with E-state index in [1.807, 2.05) is 0 Å². The summed E-state index contributed by atoms with van der Waals surface area (Å²) >= 11 is 0. The summed E-state index contributed by atoms with van der Waals surface area (Å²) in [6.45, 7) is 8.82. The highest BCUT2D eigenvalue weighted by atomic mass is 15.0. The average Bonchev–Trinajstić information content (AvgIpc) is 3.70. The number of nitrogens with zero attached hydrogens (tertiary/aromatic N) is 2. The van der Waals surface area contributed by atoms with Gasteiger partial charge in [0, 0.05) is 38.8 Å². The molecule has 2 heteroatoms. The van der Waals surface area contributed by atoms with E-state index in [1.165, 1.54) is 122 Å². The molecule has 0 N–H and O–H groups in total. The molecule has 2 heterocycles. The van der Waals surface area contributed by atoms with Gasteiger partial charge in [0.25, 0.3) is 0 Å². The maximum atomic E-state index is 2.56. The van der Waals surface area contributed by atoms with Gasteiger partial charge in [-0.15, -0.1) is 0 Å². The average molecular weight is 721 g/mol. The zero-order valence-corrected chi connectivity index (χ0v) is 32.6. The van der Waals surface area contributed by atoms with E-state index in [9.17, 15) is 0 Å². The van der Waals surface area contributed by atoms with Crippen LogP contribution >= 0.6 is 0 Å². The van der Waals surface area contributed by atoms with Gasteiger partial charge >= 0.3 is 0 Å². The summed E-state index contributed by atoms with van der Waals surface area (Å²) in [6, 6.07) is 52.9. The number of hydrogen-bond acceptors (Lipinski definition) is 0. The van der Waals surface area contributed by atoms with Gasteiger partial charge in [0.2, 0.25) is 0 Å². The molecule has 0 atom stereocenters. The van der Waals surface area contributed by atoms with Crippen molar-refractivity contribution < 1.29 is 0 Å². The largest absolute Gasteiger partial charge is 0.313 e. The molecule has 0 aliphatic heterocycles. The van der Waals surface area contributed by atoms with E-state index in [4.69, 9.17) is 0 Å². The lowest BCUT2D eigenvalue weighted by atomic mass is 9.83. The van der Waals surface area contributed by atoms with Crippen molar-refractivity contribution in [3.8, 4) is 33.6 Å². The molecule has 2 aliphatic carbocycles. The maximum absolute atomic E-state index is 2.56. The summed E-state index contributed by atoms with van der Waals surface area (Å²) in [6.07, 6.45) is 6.62. The molecule has 0 radical (unpaired) electrons. The third-order valence-corrected chi connectivity index (χ3v) is 12.4. The van der Waals surface area contributed by atoms with Gasteiger partial charge < -0.3 is 9.13 Å². The summed E-state index contributed by atoms with van der Waals surface area (Å²) in [5.41, 5.74) is 25.2. The predicted molar refractivity (Wildman–Crippen MR) is 237 cm³/mol. The van der Waals surface area contributed by atoms with E-state index in [1.54, 1.807) is 0 Å². The molecule has 2 nitrogen and oxygen atoms in total. The first-order chi connectivity index (χ1) is 27.4. The number of allylic oxidation sites excluding steroid dienone is 1. The number of hydrogen-bond donors (Lipinski definition) is 0. The summed E-state index contributed by atoms with van der Waals surface area (Å²) in [5, 5.41) is 4.00. The third kappa shape index (κ3) is 5.23. The van der Waals surface area contributed by atoms with Gasteiger partial charge in [-0.05, 0) is 165 Å². The van der Waals surface area contributed by atoms with Crippen molar-refractivity contribution in [3.63, 3.8) is 0 Å². The van der Waals surface area contributed by atoms with Crippen LogP contribution in [-0.4, -0.2) is 9.13 Å². The number of fused-ring (bicyclic) bond motifs is 9. The summed E-state index contributed by atoms with van der Waals surface area (Å²) in [4.78, 5) is 0. The zero-order chi connectivity index (χ0) is 37.7. The molecule has 0 bridgehead atoms. The van der Waals surface area contributed by atoms with E-state index in [0.29, 0.717) is 0 Å². The minimum absolute atomic E-state index is 1.01. The first-order valence-corrected chi connectivity index (χ1v) is 20.2. The minimum atomic E-state index is 1.01. The molecule has 270 valence electrons. The second-order valence-corrected chi connectivity index (χ2v) is 16.4. The first-order valence-electron chi connectivity index (χ1n) is 20.2. The normalized spacial score (nSPS) is 13.5. The Kier molecular flexibility index (Phi) is 7.41. The lowest BCUT2D eigenvalue weighted by Gasteiger charge is -2.22. The molecule has 0 saturated heterocycles. The Morgan fingerprint density at radius 1 is 0.393 bits per heavy atom. The standard InChI is InChI=1S/C54H44N2/c1-33-21-34(2)24-41(23-33)37-17-19-51-47(27-37)49-29-39-15-16-40-30-50-48-28-38(42-25-35(3)22-36(4)26-42)18-20-52(48)56(44-13-9-6-10-14-44)54(50)32-46(40)45(39)31-53(49)55(51)43-11-7-5-8-12-43/h5-14,17,19,21-32H,15-16,18,20H2,1-4H3. The van der Waals surface area contributed by atoms with Crippen LogP contribution in [0.15, 0.2) is 140 Å². The van der Waals surface area contributed by atoms with Crippen molar-refractivity contribution in [2.75, 3.05) is 0 Å². The summed E-state index contributed by atoms with van der Waals surface area (Å²) in [5.74, 6) is 0. The van der Waals surface area contributed by atoms with Crippen LogP contribution in [0.25, 0.3) is 78.0 Å². The van der Waals surface area contributed by atoms with Crippen LogP contribution in [0.3, 0.4) is 0 Å². The molecule has 0 spiro atoms. The van der Waals surface area contributed by atoms with Crippen molar-refractivity contribution in [1.29, 1.82) is 0 Å². The van der Waals surface area contributed by atoms with Gasteiger partial charge in [-0.2, -0.15) is 0 Å². The van der Waals surface area contributed by atoms with E-state index < -0.39 is 0 Å². The van der Waals surface area contributed by atoms with E-state index in [0.717, 1.165) is 25.7 Å². The number of para-hydroxylation sites is 2. The quantitative estimate of drug-likeness (QED) is 0.171. The van der Waals surface area contributed by atoms with Gasteiger partial charge in [-0.25, -0.2) is 0 Å². The number of aromatic nitrogens is 2. The summed E-state index contributed by atoms with van der Waals surface area (Å²) in [7, 11) is 0. The maximum Gasteiger partial charge on any atom is 0.0547 e. The first kappa shape index (κ1) is 33.0. The Balaban J connectivity index is 1.15. The van der Waals surface area contributed by atoms with Crippen LogP contribution in [0.4, 0.5) is 0 Å². The Bertz CT molecular complexity index is 3060. The topological polar surface area (TPSA) is 9.86 Å². The fourth-order valence-corrected chi connectivity index (χ4v) is 10.1. The van der Waals surface area contributed by atoms with Crippen molar-refractivity contribution in [1.82, 2.24) is 9.13 Å². The van der Waals surface area contributed by atoms with E-state index in [2.05, 4.69) is 182 Å². The minimum Gasteiger partial charge on any atom is -0.313 e. The lowest BCUT2D eigenvalue weighted by Crippen LogP contribution is -2.06. The fourth-order valence-electron chi connectivity index (χ4n) is 10.1. The molecule has 0 amide bonds. The van der Waals surface area contributed by atoms with Crippen LogP contribution in [0.1, 0.15) is 56.6 Å². The monoisotopic (exact) mass is 720 g/mol. The van der Waals surface area contributed by atoms with Crippen molar-refractivity contribution >= 4 is 44.4 Å². The second-order valence-electron chi connectivity index (χ2n) is 16.4. The number of benzene rings is 7. The van der Waals surface area contributed by atoms with Crippen molar-refractivity contribution in [2.24, 2.45) is 0 Å². The molecular formula is C54H44N2. The van der Waals surface area contributed by atoms with Gasteiger partial charge in [-0.1, -0.05) is 101 Å². The number of aryl methyl sites for hydroxylation is 6. The van der Waals surface area contributed by atoms with E-state index >= 15 is 0 Å². The molecule has 11 rings (SSSR count). The fraction of sp³-hybridized carbons (Fsp3) is 0.148. The third-order valence-electron chi connectivity index (χ3n) is 12.4. The Hall–Kier alpha value is -6.38. The Morgan fingerprint density at radius 2 is 0.929 bits per heavy atom. The van der Waals surface area contributed by atoms with Gasteiger partial charge in [0.05, 0.1) is 16.6 Å². The van der Waals surface area contributed by atoms with Crippen LogP contribution < -0.4 is 0 Å². The van der Waals surface area contributed by atoms with Gasteiger partial charge in [0.15, 0.2) is 0 Å². The summed E-state index contributed by atoms with van der Waals surface area (Å²) < 4.78 is 5.04. The highest BCUT2D eigenvalue weighted by Crippen LogP contribution is 2.46. The predicted octanol–water partition coefficient (Wildman–Crippen LogP) is 13.9. The SMILES string of the molecule is Cc1cc(C)cc(C2=Cc3c(n(-c4ccccc4)c4cc5c(cc34)CCc3cc4c6cc(-c7cc(C)cc(C)c7)ccc6n(-c6ccccc6)c4cc3-5)CC2)c1. The van der Waals surface area contributed by atoms with Gasteiger partial charge in [0.1, 0.15) is 0 Å². The lowest BCUT2D eigenvalue weighted by molar-refractivity contribution is 0.897. The molecule has 2 aromatic heterocycles. The van der Waals surface area contributed by atoms with Gasteiger partial charge in [-0.3, -0.25) is 0 Å².